The number of rotatable bonds is 8. The number of amides is 1. The van der Waals surface area contributed by atoms with Gasteiger partial charge in [-0.1, -0.05) is 41.4 Å². The van der Waals surface area contributed by atoms with Gasteiger partial charge < -0.3 is 10.4 Å². The molecule has 0 fully saturated rings. The van der Waals surface area contributed by atoms with Crippen LogP contribution >= 0.6 is 23.2 Å². The van der Waals surface area contributed by atoms with Crippen LogP contribution in [0.15, 0.2) is 60.8 Å². The van der Waals surface area contributed by atoms with Gasteiger partial charge in [-0.2, -0.15) is 0 Å². The molecule has 0 radical (unpaired) electrons. The summed E-state index contributed by atoms with van der Waals surface area (Å²) in [5.74, 6) is -2.79. The maximum absolute atomic E-state index is 13.9. The summed E-state index contributed by atoms with van der Waals surface area (Å²) in [6.45, 7) is 1.55. The molecule has 2 aromatic carbocycles. The van der Waals surface area contributed by atoms with Crippen LogP contribution in [0.25, 0.3) is 5.57 Å². The Morgan fingerprint density at radius 1 is 1.11 bits per heavy atom. The van der Waals surface area contributed by atoms with Crippen molar-refractivity contribution in [3.63, 3.8) is 0 Å². The molecule has 4 rings (SSSR count). The minimum Gasteiger partial charge on any atom is -0.480 e. The van der Waals surface area contributed by atoms with E-state index in [1.807, 2.05) is 17.0 Å². The Bertz CT molecular complexity index is 1330. The highest BCUT2D eigenvalue weighted by molar-refractivity contribution is 6.39. The van der Waals surface area contributed by atoms with Crippen LogP contribution in [0.1, 0.15) is 33.6 Å². The largest absolute Gasteiger partial charge is 0.480 e. The highest BCUT2D eigenvalue weighted by Crippen LogP contribution is 2.25. The molecule has 0 saturated carbocycles. The molecule has 1 aliphatic heterocycles. The van der Waals surface area contributed by atoms with Gasteiger partial charge in [-0.25, -0.2) is 13.6 Å². The van der Waals surface area contributed by atoms with E-state index in [1.54, 1.807) is 18.3 Å². The van der Waals surface area contributed by atoms with Crippen molar-refractivity contribution in [2.45, 2.75) is 25.4 Å². The Hall–Kier alpha value is -3.33. The van der Waals surface area contributed by atoms with Crippen molar-refractivity contribution in [2.75, 3.05) is 13.1 Å². The Morgan fingerprint density at radius 3 is 2.49 bits per heavy atom. The number of halogens is 4. The number of benzene rings is 2. The lowest BCUT2D eigenvalue weighted by molar-refractivity contribution is -0.139. The van der Waals surface area contributed by atoms with Crippen molar-refractivity contribution in [2.24, 2.45) is 0 Å². The van der Waals surface area contributed by atoms with E-state index in [0.717, 1.165) is 23.3 Å². The normalized spacial score (nSPS) is 14.6. The van der Waals surface area contributed by atoms with Gasteiger partial charge in [0.1, 0.15) is 17.7 Å². The molecule has 0 aliphatic carbocycles. The Balaban J connectivity index is 1.38. The van der Waals surface area contributed by atoms with Gasteiger partial charge in [-0.3, -0.25) is 14.7 Å². The number of aromatic nitrogens is 1. The molecule has 1 amide bonds. The molecule has 2 heterocycles. The Kier molecular flexibility index (Phi) is 8.53. The van der Waals surface area contributed by atoms with E-state index in [4.69, 9.17) is 23.2 Å². The van der Waals surface area contributed by atoms with Gasteiger partial charge in [-0.05, 0) is 54.0 Å². The summed E-state index contributed by atoms with van der Waals surface area (Å²) in [5.41, 5.74) is 2.77. The average Bonchev–Trinajstić information content (AvgIpc) is 2.86. The first-order chi connectivity index (χ1) is 17.7. The average molecular weight is 546 g/mol. The van der Waals surface area contributed by atoms with Crippen LogP contribution in [-0.2, 0) is 17.8 Å². The second kappa shape index (κ2) is 11.8. The van der Waals surface area contributed by atoms with E-state index in [2.05, 4.69) is 10.3 Å². The molecule has 0 bridgehead atoms. The van der Waals surface area contributed by atoms with E-state index in [0.29, 0.717) is 37.3 Å². The molecular weight excluding hydrogens is 523 g/mol. The SMILES string of the molecule is O=C(N[C@@H](Cc1ccc(C2=CCN(Cc3cc(F)ccc3F)CC2)cn1)C(=O)O)c1c(Cl)cccc1Cl. The predicted molar refractivity (Wildman–Crippen MR) is 138 cm³/mol. The number of nitrogens with one attached hydrogen (secondary N) is 1. The van der Waals surface area contributed by atoms with Gasteiger partial charge >= 0.3 is 5.97 Å². The summed E-state index contributed by atoms with van der Waals surface area (Å²) in [7, 11) is 0. The third-order valence-electron chi connectivity index (χ3n) is 6.10. The monoisotopic (exact) mass is 545 g/mol. The second-order valence-corrected chi connectivity index (χ2v) is 9.47. The fourth-order valence-electron chi connectivity index (χ4n) is 4.11. The number of carbonyl (C=O) groups is 2. The van der Waals surface area contributed by atoms with Crippen LogP contribution in [0.2, 0.25) is 10.0 Å². The third-order valence-corrected chi connectivity index (χ3v) is 6.73. The zero-order valence-electron chi connectivity index (χ0n) is 19.6. The van der Waals surface area contributed by atoms with Crippen molar-refractivity contribution in [3.8, 4) is 0 Å². The summed E-state index contributed by atoms with van der Waals surface area (Å²) in [5, 5.41) is 12.3. The lowest BCUT2D eigenvalue weighted by Crippen LogP contribution is -2.42. The number of carboxylic acids is 1. The van der Waals surface area contributed by atoms with Crippen molar-refractivity contribution in [3.05, 3.63) is 105 Å². The predicted octanol–water partition coefficient (Wildman–Crippen LogP) is 5.38. The molecule has 0 saturated heterocycles. The summed E-state index contributed by atoms with van der Waals surface area (Å²) in [6.07, 6.45) is 4.35. The third kappa shape index (κ3) is 6.71. The smallest absolute Gasteiger partial charge is 0.326 e. The van der Waals surface area contributed by atoms with Gasteiger partial charge in [0.15, 0.2) is 0 Å². The molecule has 1 aliphatic rings. The van der Waals surface area contributed by atoms with E-state index in [1.165, 1.54) is 18.2 Å². The Morgan fingerprint density at radius 2 is 1.86 bits per heavy atom. The van der Waals surface area contributed by atoms with Crippen LogP contribution in [-0.4, -0.2) is 46.0 Å². The molecule has 1 atom stereocenters. The highest BCUT2D eigenvalue weighted by Gasteiger charge is 2.24. The number of carboxylic acid groups (broad SMARTS) is 1. The van der Waals surface area contributed by atoms with Crippen LogP contribution in [0.5, 0.6) is 0 Å². The topological polar surface area (TPSA) is 82.5 Å². The van der Waals surface area contributed by atoms with Crippen LogP contribution in [0.4, 0.5) is 8.78 Å². The maximum Gasteiger partial charge on any atom is 0.326 e. The summed E-state index contributed by atoms with van der Waals surface area (Å²) >= 11 is 12.1. The maximum atomic E-state index is 13.9. The zero-order valence-corrected chi connectivity index (χ0v) is 21.1. The molecule has 37 heavy (non-hydrogen) atoms. The van der Waals surface area contributed by atoms with Gasteiger partial charge in [0.05, 0.1) is 15.6 Å². The standard InChI is InChI=1S/C27H23Cl2F2N3O3/c28-21-2-1-3-22(29)25(21)26(35)33-24(27(36)37)13-20-6-4-17(14-32-20)16-8-10-34(11-9-16)15-18-12-19(30)5-7-23(18)31/h1-8,12,14,24H,9-11,13,15H2,(H,33,35)(H,36,37)/t24-/m0/s1. The van der Waals surface area contributed by atoms with E-state index in [-0.39, 0.29) is 22.0 Å². The summed E-state index contributed by atoms with van der Waals surface area (Å²) in [4.78, 5) is 30.8. The van der Waals surface area contributed by atoms with E-state index in [9.17, 15) is 23.5 Å². The number of nitrogens with zero attached hydrogens (tertiary/aromatic N) is 2. The van der Waals surface area contributed by atoms with E-state index >= 15 is 0 Å². The molecule has 6 nitrogen and oxygen atoms in total. The number of pyridine rings is 1. The van der Waals surface area contributed by atoms with Crippen LogP contribution in [0.3, 0.4) is 0 Å². The first kappa shape index (κ1) is 26.7. The van der Waals surface area contributed by atoms with Gasteiger partial charge in [0.2, 0.25) is 0 Å². The minimum absolute atomic E-state index is 0.0128. The first-order valence-corrected chi connectivity index (χ1v) is 12.2. The molecule has 3 aromatic rings. The number of hydrogen-bond acceptors (Lipinski definition) is 4. The fourth-order valence-corrected chi connectivity index (χ4v) is 4.68. The summed E-state index contributed by atoms with van der Waals surface area (Å²) in [6, 6.07) is 10.4. The molecule has 0 unspecified atom stereocenters. The van der Waals surface area contributed by atoms with Crippen LogP contribution in [0, 0.1) is 11.6 Å². The van der Waals surface area contributed by atoms with E-state index < -0.39 is 29.6 Å². The van der Waals surface area contributed by atoms with Crippen molar-refractivity contribution in [1.82, 2.24) is 15.2 Å². The lowest BCUT2D eigenvalue weighted by atomic mass is 9.99. The first-order valence-electron chi connectivity index (χ1n) is 11.5. The zero-order chi connectivity index (χ0) is 26.5. The lowest BCUT2D eigenvalue weighted by Gasteiger charge is -2.26. The molecule has 10 heteroatoms. The Labute approximate surface area is 222 Å². The number of aliphatic carboxylic acids is 1. The second-order valence-electron chi connectivity index (χ2n) is 8.65. The fraction of sp³-hybridized carbons (Fsp3) is 0.222. The number of hydrogen-bond donors (Lipinski definition) is 2. The molecule has 0 spiro atoms. The molecule has 192 valence electrons. The van der Waals surface area contributed by atoms with Gasteiger partial charge in [0.25, 0.3) is 5.91 Å². The molecular formula is C27H23Cl2F2N3O3. The highest BCUT2D eigenvalue weighted by atomic mass is 35.5. The quantitative estimate of drug-likeness (QED) is 0.397. The minimum atomic E-state index is -1.23. The molecule has 1 aromatic heterocycles. The van der Waals surface area contributed by atoms with Crippen molar-refractivity contribution < 1.29 is 23.5 Å². The summed E-state index contributed by atoms with van der Waals surface area (Å²) < 4.78 is 27.4. The molecule has 2 N–H and O–H groups in total. The van der Waals surface area contributed by atoms with Crippen molar-refractivity contribution in [1.29, 1.82) is 0 Å². The van der Waals surface area contributed by atoms with Crippen molar-refractivity contribution >= 4 is 40.7 Å². The van der Waals surface area contributed by atoms with Crippen LogP contribution < -0.4 is 5.32 Å². The van der Waals surface area contributed by atoms with Gasteiger partial charge in [0, 0.05) is 43.5 Å². The number of carbonyl (C=O) groups excluding carboxylic acids is 1. The van der Waals surface area contributed by atoms with Gasteiger partial charge in [-0.15, -0.1) is 0 Å².